The van der Waals surface area contributed by atoms with Crippen molar-refractivity contribution >= 4 is 34.2 Å². The molecule has 0 saturated carbocycles. The first-order valence-electron chi connectivity index (χ1n) is 8.93. The number of nitrogens with two attached hydrogens (primary N) is 2. The molecule has 0 atom stereocenters. The van der Waals surface area contributed by atoms with E-state index < -0.39 is 18.1 Å². The van der Waals surface area contributed by atoms with Gasteiger partial charge in [-0.3, -0.25) is 4.90 Å². The number of para-hydroxylation sites is 2. The molecule has 0 fully saturated rings. The van der Waals surface area contributed by atoms with Crippen LogP contribution >= 0.6 is 0 Å². The van der Waals surface area contributed by atoms with E-state index >= 15 is 0 Å². The molecule has 4 N–H and O–H groups in total. The van der Waals surface area contributed by atoms with E-state index in [2.05, 4.69) is 9.89 Å². The van der Waals surface area contributed by atoms with Gasteiger partial charge in [0, 0.05) is 0 Å². The molecule has 0 aliphatic heterocycles. The van der Waals surface area contributed by atoms with Crippen LogP contribution in [-0.4, -0.2) is 17.6 Å². The molecule has 1 heterocycles. The molecule has 0 unspecified atom stereocenters. The van der Waals surface area contributed by atoms with E-state index in [9.17, 15) is 18.0 Å². The van der Waals surface area contributed by atoms with Crippen molar-refractivity contribution < 1.29 is 27.2 Å². The van der Waals surface area contributed by atoms with Gasteiger partial charge in [0.15, 0.2) is 17.2 Å². The second-order valence-corrected chi connectivity index (χ2v) is 6.48. The number of benzene rings is 3. The van der Waals surface area contributed by atoms with Crippen molar-refractivity contribution in [1.82, 2.24) is 5.16 Å². The minimum atomic E-state index is -4.93. The van der Waals surface area contributed by atoms with Gasteiger partial charge in [0.2, 0.25) is 0 Å². The van der Waals surface area contributed by atoms with Gasteiger partial charge in [-0.05, 0) is 41.5 Å². The number of aromatic nitrogens is 1. The highest BCUT2D eigenvalue weighted by Crippen LogP contribution is 2.38. The van der Waals surface area contributed by atoms with Crippen LogP contribution in [0.4, 0.5) is 35.2 Å². The summed E-state index contributed by atoms with van der Waals surface area (Å²) in [5.74, 6) is -0.327. The molecule has 0 bridgehead atoms. The molecule has 0 aliphatic carbocycles. The molecule has 4 aromatic rings. The van der Waals surface area contributed by atoms with Crippen molar-refractivity contribution in [3.05, 3.63) is 66.7 Å². The van der Waals surface area contributed by atoms with E-state index in [0.29, 0.717) is 11.0 Å². The molecule has 0 spiro atoms. The number of alkyl halides is 3. The van der Waals surface area contributed by atoms with Crippen LogP contribution in [0.2, 0.25) is 0 Å². The molecular weight excluding hydrogens is 413 g/mol. The second-order valence-electron chi connectivity index (χ2n) is 6.48. The van der Waals surface area contributed by atoms with Crippen LogP contribution < -0.4 is 21.1 Å². The first-order chi connectivity index (χ1) is 14.7. The SMILES string of the molecule is NC(=O)N(c1ccc(-c2cccc3onc(N)c23)cc1)c1ccccc1OC(F)(F)F. The fourth-order valence-corrected chi connectivity index (χ4v) is 3.28. The fourth-order valence-electron chi connectivity index (χ4n) is 3.28. The minimum absolute atomic E-state index is 0.148. The molecule has 158 valence electrons. The molecule has 31 heavy (non-hydrogen) atoms. The van der Waals surface area contributed by atoms with Crippen molar-refractivity contribution in [1.29, 1.82) is 0 Å². The number of amides is 2. The molecule has 7 nitrogen and oxygen atoms in total. The summed E-state index contributed by atoms with van der Waals surface area (Å²) in [6, 6.07) is 16.0. The normalized spacial score (nSPS) is 11.5. The molecule has 10 heteroatoms. The summed E-state index contributed by atoms with van der Waals surface area (Å²) in [6.07, 6.45) is -4.93. The van der Waals surface area contributed by atoms with Crippen molar-refractivity contribution in [2.45, 2.75) is 6.36 Å². The van der Waals surface area contributed by atoms with Crippen LogP contribution in [0.3, 0.4) is 0 Å². The largest absolute Gasteiger partial charge is 0.573 e. The number of hydrogen-bond donors (Lipinski definition) is 2. The topological polar surface area (TPSA) is 108 Å². The number of anilines is 3. The van der Waals surface area contributed by atoms with Gasteiger partial charge in [-0.2, -0.15) is 0 Å². The summed E-state index contributed by atoms with van der Waals surface area (Å²) in [7, 11) is 0. The lowest BCUT2D eigenvalue weighted by Crippen LogP contribution is -2.32. The number of nitrogens with zero attached hydrogens (tertiary/aromatic N) is 2. The number of carbonyl (C=O) groups excluding carboxylic acids is 1. The second kappa shape index (κ2) is 7.56. The third kappa shape index (κ3) is 3.95. The number of primary amides is 1. The Bertz CT molecular complexity index is 1250. The average Bonchev–Trinajstić information content (AvgIpc) is 3.10. The van der Waals surface area contributed by atoms with Gasteiger partial charge in [-0.1, -0.05) is 41.6 Å². The van der Waals surface area contributed by atoms with Crippen molar-refractivity contribution in [2.75, 3.05) is 10.6 Å². The summed E-state index contributed by atoms with van der Waals surface area (Å²) < 4.78 is 47.6. The smallest absolute Gasteiger partial charge is 0.404 e. The lowest BCUT2D eigenvalue weighted by atomic mass is 10.0. The maximum atomic E-state index is 12.8. The van der Waals surface area contributed by atoms with E-state index in [1.54, 1.807) is 36.4 Å². The lowest BCUT2D eigenvalue weighted by Gasteiger charge is -2.24. The Kier molecular flexibility index (Phi) is 4.90. The third-order valence-electron chi connectivity index (χ3n) is 4.51. The Morgan fingerprint density at radius 2 is 1.71 bits per heavy atom. The number of fused-ring (bicyclic) bond motifs is 1. The molecule has 2 amide bonds. The van der Waals surface area contributed by atoms with E-state index in [4.69, 9.17) is 16.0 Å². The summed E-state index contributed by atoms with van der Waals surface area (Å²) in [5.41, 5.74) is 13.5. The highest BCUT2D eigenvalue weighted by atomic mass is 19.4. The fraction of sp³-hybridized carbons (Fsp3) is 0.0476. The van der Waals surface area contributed by atoms with Gasteiger partial charge in [0.25, 0.3) is 0 Å². The molecule has 0 saturated heterocycles. The number of carbonyl (C=O) groups is 1. The Morgan fingerprint density at radius 3 is 2.39 bits per heavy atom. The number of hydrogen-bond acceptors (Lipinski definition) is 5. The van der Waals surface area contributed by atoms with Crippen LogP contribution in [0.1, 0.15) is 0 Å². The zero-order valence-electron chi connectivity index (χ0n) is 15.8. The standard InChI is InChI=1S/C21H15F3N4O3/c22-21(23,24)30-16-6-2-1-5-15(16)28(20(26)29)13-10-8-12(9-11-13)14-4-3-7-17-18(14)19(25)27-31-17/h1-11H,(H2,25,27)(H2,26,29). The molecular formula is C21H15F3N4O3. The zero-order chi connectivity index (χ0) is 22.2. The maximum Gasteiger partial charge on any atom is 0.573 e. The van der Waals surface area contributed by atoms with Crippen molar-refractivity contribution in [3.8, 4) is 16.9 Å². The van der Waals surface area contributed by atoms with Crippen LogP contribution in [0.5, 0.6) is 5.75 Å². The van der Waals surface area contributed by atoms with Gasteiger partial charge in [0.1, 0.15) is 0 Å². The molecule has 0 radical (unpaired) electrons. The molecule has 4 rings (SSSR count). The molecule has 3 aromatic carbocycles. The lowest BCUT2D eigenvalue weighted by molar-refractivity contribution is -0.274. The highest BCUT2D eigenvalue weighted by Gasteiger charge is 2.33. The number of ether oxygens (including phenoxy) is 1. The van der Waals surface area contributed by atoms with E-state index in [1.807, 2.05) is 6.07 Å². The summed E-state index contributed by atoms with van der Waals surface area (Å²) >= 11 is 0. The van der Waals surface area contributed by atoms with Crippen molar-refractivity contribution in [2.24, 2.45) is 5.73 Å². The Morgan fingerprint density at radius 1 is 1.00 bits per heavy atom. The summed E-state index contributed by atoms with van der Waals surface area (Å²) in [5, 5.41) is 4.39. The molecule has 1 aromatic heterocycles. The van der Waals surface area contributed by atoms with Crippen LogP contribution in [-0.2, 0) is 0 Å². The van der Waals surface area contributed by atoms with Gasteiger partial charge < -0.3 is 20.7 Å². The monoisotopic (exact) mass is 428 g/mol. The van der Waals surface area contributed by atoms with Gasteiger partial charge in [-0.15, -0.1) is 13.2 Å². The summed E-state index contributed by atoms with van der Waals surface area (Å²) in [4.78, 5) is 13.1. The van der Waals surface area contributed by atoms with Crippen LogP contribution in [0.25, 0.3) is 22.1 Å². The van der Waals surface area contributed by atoms with E-state index in [-0.39, 0.29) is 17.2 Å². The van der Waals surface area contributed by atoms with Gasteiger partial charge in [0.05, 0.1) is 16.8 Å². The van der Waals surface area contributed by atoms with Gasteiger partial charge in [-0.25, -0.2) is 4.79 Å². The minimum Gasteiger partial charge on any atom is -0.404 e. The number of nitrogen functional groups attached to an aromatic ring is 1. The Hall–Kier alpha value is -4.21. The first-order valence-corrected chi connectivity index (χ1v) is 8.93. The van der Waals surface area contributed by atoms with E-state index in [1.165, 1.54) is 18.2 Å². The number of rotatable bonds is 4. The maximum absolute atomic E-state index is 12.8. The quantitative estimate of drug-likeness (QED) is 0.465. The molecule has 0 aliphatic rings. The van der Waals surface area contributed by atoms with E-state index in [0.717, 1.165) is 22.1 Å². The number of halogens is 3. The Balaban J connectivity index is 1.75. The van der Waals surface area contributed by atoms with Crippen molar-refractivity contribution in [3.63, 3.8) is 0 Å². The first kappa shape index (κ1) is 20.1. The number of urea groups is 1. The third-order valence-corrected chi connectivity index (χ3v) is 4.51. The van der Waals surface area contributed by atoms with Crippen LogP contribution in [0, 0.1) is 0 Å². The Labute approximate surface area is 173 Å². The predicted octanol–water partition coefficient (Wildman–Crippen LogP) is 5.19. The summed E-state index contributed by atoms with van der Waals surface area (Å²) in [6.45, 7) is 0. The zero-order valence-corrected chi connectivity index (χ0v) is 15.8. The average molecular weight is 428 g/mol. The van der Waals surface area contributed by atoms with Gasteiger partial charge >= 0.3 is 12.4 Å². The highest BCUT2D eigenvalue weighted by molar-refractivity contribution is 6.02. The van der Waals surface area contributed by atoms with Crippen LogP contribution in [0.15, 0.2) is 71.3 Å². The predicted molar refractivity (Wildman–Crippen MR) is 109 cm³/mol.